The van der Waals surface area contributed by atoms with Gasteiger partial charge in [-0.25, -0.2) is 9.37 Å². The zero-order chi connectivity index (χ0) is 21.3. The Morgan fingerprint density at radius 1 is 1.30 bits per heavy atom. The summed E-state index contributed by atoms with van der Waals surface area (Å²) in [5.74, 6) is -0.525. The van der Waals surface area contributed by atoms with Gasteiger partial charge < -0.3 is 9.64 Å². The third kappa shape index (κ3) is 6.58. The highest BCUT2D eigenvalue weighted by atomic mass is 32.1. The van der Waals surface area contributed by atoms with Crippen LogP contribution in [0.25, 0.3) is 0 Å². The topological polar surface area (TPSA) is 70.1 Å². The van der Waals surface area contributed by atoms with E-state index in [2.05, 4.69) is 32.2 Å². The lowest BCUT2D eigenvalue weighted by molar-refractivity contribution is -0.142. The van der Waals surface area contributed by atoms with Gasteiger partial charge in [-0.15, -0.1) is 11.3 Å². The van der Waals surface area contributed by atoms with Gasteiger partial charge in [-0.3, -0.25) is 15.1 Å². The fraction of sp³-hybridized carbons (Fsp3) is 0.476. The Morgan fingerprint density at radius 3 is 2.77 bits per heavy atom. The summed E-state index contributed by atoms with van der Waals surface area (Å²) in [6, 6.07) is 5.18. The molecular weight excluding hydrogens is 405 g/mol. The molecule has 0 spiro atoms. The molecule has 7 nitrogen and oxygen atoms in total. The summed E-state index contributed by atoms with van der Waals surface area (Å²) in [7, 11) is 0. The van der Waals surface area contributed by atoms with E-state index in [9.17, 15) is 9.18 Å². The van der Waals surface area contributed by atoms with Gasteiger partial charge in [-0.2, -0.15) is 5.10 Å². The van der Waals surface area contributed by atoms with Crippen LogP contribution in [0.15, 0.2) is 28.7 Å². The molecule has 2 heterocycles. The number of carbonyl (C=O) groups excluding carboxylic acids is 1. The number of thiazole rings is 1. The van der Waals surface area contributed by atoms with Crippen molar-refractivity contribution in [1.29, 1.82) is 0 Å². The maximum atomic E-state index is 14.5. The second-order valence-electron chi connectivity index (χ2n) is 7.06. The monoisotopic (exact) mass is 433 g/mol. The van der Waals surface area contributed by atoms with E-state index in [1.54, 1.807) is 18.5 Å². The molecular formula is C21H28FN5O2S. The zero-order valence-corrected chi connectivity index (χ0v) is 18.3. The maximum Gasteiger partial charge on any atom is 0.311 e. The largest absolute Gasteiger partial charge is 0.466 e. The number of nitrogens with zero attached hydrogens (tertiary/aromatic N) is 4. The fourth-order valence-electron chi connectivity index (χ4n) is 3.24. The Kier molecular flexibility index (Phi) is 8.30. The summed E-state index contributed by atoms with van der Waals surface area (Å²) >= 11 is 1.34. The minimum Gasteiger partial charge on any atom is -0.466 e. The van der Waals surface area contributed by atoms with Gasteiger partial charge in [-0.05, 0) is 25.1 Å². The van der Waals surface area contributed by atoms with Crippen LogP contribution < -0.4 is 5.43 Å². The summed E-state index contributed by atoms with van der Waals surface area (Å²) in [5.41, 5.74) is 4.82. The molecule has 0 bridgehead atoms. The predicted octanol–water partition coefficient (Wildman–Crippen LogP) is 2.97. The number of ether oxygens (including phenoxy) is 1. The van der Waals surface area contributed by atoms with Crippen LogP contribution >= 0.6 is 11.3 Å². The van der Waals surface area contributed by atoms with E-state index in [0.717, 1.165) is 32.7 Å². The summed E-state index contributed by atoms with van der Waals surface area (Å²) < 4.78 is 19.4. The number of rotatable bonds is 9. The zero-order valence-electron chi connectivity index (χ0n) is 17.4. The quantitative estimate of drug-likeness (QED) is 0.373. The maximum absolute atomic E-state index is 14.5. The van der Waals surface area contributed by atoms with Crippen LogP contribution in [-0.2, 0) is 22.5 Å². The number of benzene rings is 1. The van der Waals surface area contributed by atoms with E-state index in [1.165, 1.54) is 17.4 Å². The number of halogens is 1. The van der Waals surface area contributed by atoms with Crippen molar-refractivity contribution >= 4 is 28.7 Å². The second kappa shape index (κ2) is 11.1. The summed E-state index contributed by atoms with van der Waals surface area (Å²) in [6.07, 6.45) is 1.69. The molecule has 162 valence electrons. The summed E-state index contributed by atoms with van der Waals surface area (Å²) in [6.45, 7) is 9.98. The molecule has 1 saturated heterocycles. The van der Waals surface area contributed by atoms with Crippen molar-refractivity contribution in [2.24, 2.45) is 5.10 Å². The number of aromatic nitrogens is 1. The number of carbonyl (C=O) groups is 1. The van der Waals surface area contributed by atoms with Gasteiger partial charge in [0.05, 0.1) is 24.9 Å². The first-order chi connectivity index (χ1) is 14.6. The van der Waals surface area contributed by atoms with Crippen LogP contribution in [0.1, 0.15) is 30.7 Å². The first-order valence-electron chi connectivity index (χ1n) is 10.2. The molecule has 1 N–H and O–H groups in total. The van der Waals surface area contributed by atoms with Crippen molar-refractivity contribution in [3.05, 3.63) is 46.2 Å². The Morgan fingerprint density at radius 2 is 2.07 bits per heavy atom. The smallest absolute Gasteiger partial charge is 0.311 e. The van der Waals surface area contributed by atoms with Gasteiger partial charge in [0.1, 0.15) is 5.82 Å². The second-order valence-corrected chi connectivity index (χ2v) is 7.92. The van der Waals surface area contributed by atoms with Crippen molar-refractivity contribution in [2.45, 2.75) is 26.8 Å². The van der Waals surface area contributed by atoms with Crippen LogP contribution in [0.5, 0.6) is 0 Å². The van der Waals surface area contributed by atoms with Gasteiger partial charge in [0.25, 0.3) is 0 Å². The van der Waals surface area contributed by atoms with Crippen LogP contribution in [0.2, 0.25) is 0 Å². The molecule has 0 radical (unpaired) electrons. The third-order valence-corrected chi connectivity index (χ3v) is 5.74. The lowest BCUT2D eigenvalue weighted by Gasteiger charge is -2.34. The van der Waals surface area contributed by atoms with E-state index in [4.69, 9.17) is 4.74 Å². The summed E-state index contributed by atoms with van der Waals surface area (Å²) in [4.78, 5) is 20.5. The first-order valence-corrected chi connectivity index (χ1v) is 11.1. The molecule has 1 fully saturated rings. The number of hydrazone groups is 1. The van der Waals surface area contributed by atoms with Crippen molar-refractivity contribution in [1.82, 2.24) is 14.8 Å². The average Bonchev–Trinajstić information content (AvgIpc) is 3.17. The average molecular weight is 434 g/mol. The molecule has 1 aromatic carbocycles. The lowest BCUT2D eigenvalue weighted by atomic mass is 10.1. The van der Waals surface area contributed by atoms with Gasteiger partial charge in [-0.1, -0.05) is 19.1 Å². The minimum absolute atomic E-state index is 0.135. The molecule has 0 atom stereocenters. The number of hydrogen-bond acceptors (Lipinski definition) is 8. The van der Waals surface area contributed by atoms with E-state index in [-0.39, 0.29) is 18.2 Å². The molecule has 0 unspecified atom stereocenters. The SMILES string of the molecule is CCOC(=O)Cc1csc(NN=Cc2ccc(CN3CCN(CC)CC3)c(F)c2)n1. The third-order valence-electron chi connectivity index (χ3n) is 4.94. The van der Waals surface area contributed by atoms with Gasteiger partial charge >= 0.3 is 5.97 Å². The lowest BCUT2D eigenvalue weighted by Crippen LogP contribution is -2.45. The molecule has 2 aromatic rings. The molecule has 1 aromatic heterocycles. The molecule has 3 rings (SSSR count). The Bertz CT molecular complexity index is 865. The van der Waals surface area contributed by atoms with E-state index in [0.29, 0.717) is 35.1 Å². The van der Waals surface area contributed by atoms with Gasteiger partial charge in [0.2, 0.25) is 5.13 Å². The number of piperazine rings is 1. The van der Waals surface area contributed by atoms with Gasteiger partial charge in [0, 0.05) is 43.7 Å². The molecule has 0 amide bonds. The Balaban J connectivity index is 1.50. The van der Waals surface area contributed by atoms with Crippen LogP contribution in [-0.4, -0.2) is 66.3 Å². The van der Waals surface area contributed by atoms with Crippen molar-refractivity contribution < 1.29 is 13.9 Å². The van der Waals surface area contributed by atoms with E-state index in [1.807, 2.05) is 12.1 Å². The van der Waals surface area contributed by atoms with Crippen molar-refractivity contribution in [3.8, 4) is 0 Å². The van der Waals surface area contributed by atoms with Crippen molar-refractivity contribution in [3.63, 3.8) is 0 Å². The highest BCUT2D eigenvalue weighted by Crippen LogP contribution is 2.17. The minimum atomic E-state index is -0.305. The predicted molar refractivity (Wildman–Crippen MR) is 117 cm³/mol. The fourth-order valence-corrected chi connectivity index (χ4v) is 3.90. The molecule has 1 aliphatic heterocycles. The standard InChI is InChI=1S/C21H28FN5O2S/c1-3-26-7-9-27(10-8-26)14-17-6-5-16(11-19(17)22)13-23-25-21-24-18(15-30-21)12-20(28)29-4-2/h5-6,11,13,15H,3-4,7-10,12,14H2,1-2H3,(H,24,25). The molecule has 0 aliphatic carbocycles. The molecule has 1 aliphatic rings. The highest BCUT2D eigenvalue weighted by molar-refractivity contribution is 7.13. The molecule has 9 heteroatoms. The van der Waals surface area contributed by atoms with Crippen LogP contribution in [0, 0.1) is 5.82 Å². The number of hydrogen-bond donors (Lipinski definition) is 1. The normalized spacial score (nSPS) is 15.6. The molecule has 30 heavy (non-hydrogen) atoms. The van der Waals surface area contributed by atoms with Crippen LogP contribution in [0.4, 0.5) is 9.52 Å². The van der Waals surface area contributed by atoms with E-state index < -0.39 is 0 Å². The van der Waals surface area contributed by atoms with E-state index >= 15 is 0 Å². The van der Waals surface area contributed by atoms with Gasteiger partial charge in [0.15, 0.2) is 0 Å². The first kappa shape index (κ1) is 22.3. The van der Waals surface area contributed by atoms with Crippen LogP contribution in [0.3, 0.4) is 0 Å². The van der Waals surface area contributed by atoms with Crippen molar-refractivity contribution in [2.75, 3.05) is 44.8 Å². The number of anilines is 1. The molecule has 0 saturated carbocycles. The highest BCUT2D eigenvalue weighted by Gasteiger charge is 2.16. The number of likely N-dealkylation sites (N-methyl/N-ethyl adjacent to an activating group) is 1. The number of esters is 1. The number of nitrogens with one attached hydrogen (secondary N) is 1. The Hall–Kier alpha value is -2.36. The Labute approximate surface area is 180 Å². The summed E-state index contributed by atoms with van der Waals surface area (Å²) in [5, 5.41) is 6.46.